The minimum absolute atomic E-state index is 0. The molecule has 0 N–H and O–H groups in total. The van der Waals surface area contributed by atoms with Crippen LogP contribution in [0.4, 0.5) is 0 Å². The van der Waals surface area contributed by atoms with Gasteiger partial charge in [0, 0.05) is 38.2 Å². The van der Waals surface area contributed by atoms with Crippen LogP contribution in [-0.4, -0.2) is 11.9 Å². The van der Waals surface area contributed by atoms with Gasteiger partial charge in [-0.1, -0.05) is 12.5 Å². The molecule has 4 heteroatoms. The first-order chi connectivity index (χ1) is 5.99. The van der Waals surface area contributed by atoms with Crippen molar-refractivity contribution in [1.29, 1.82) is 0 Å². The van der Waals surface area contributed by atoms with Gasteiger partial charge < -0.3 is 4.74 Å². The summed E-state index contributed by atoms with van der Waals surface area (Å²) < 4.78 is 4.58. The molecule has 0 aliphatic carbocycles. The van der Waals surface area contributed by atoms with Crippen LogP contribution in [0.1, 0.15) is 40.5 Å². The van der Waals surface area contributed by atoms with Gasteiger partial charge in [0.15, 0.2) is 0 Å². The number of rotatable bonds is 3. The van der Waals surface area contributed by atoms with Gasteiger partial charge in [-0.25, -0.2) is 4.79 Å². The molecule has 0 aliphatic heterocycles. The zero-order chi connectivity index (χ0) is 10.4. The largest absolute Gasteiger partial charge is 0.390 e. The van der Waals surface area contributed by atoms with Crippen molar-refractivity contribution < 1.29 is 40.5 Å². The number of ether oxygens (including phenoxy) is 1. The second-order valence-electron chi connectivity index (χ2n) is 3.14. The number of hydrogen-bond donors (Lipinski definition) is 0. The summed E-state index contributed by atoms with van der Waals surface area (Å²) in [4.78, 5) is 22.1. The van der Waals surface area contributed by atoms with Crippen molar-refractivity contribution in [2.75, 3.05) is 0 Å². The molecular weight excluding hydrogens is 259 g/mol. The predicted molar refractivity (Wildman–Crippen MR) is 50.1 cm³/mol. The van der Waals surface area contributed by atoms with E-state index >= 15 is 0 Å². The molecule has 0 amide bonds. The first kappa shape index (κ1) is 16.2. The Balaban J connectivity index is 0. The second-order valence-corrected chi connectivity index (χ2v) is 3.14. The monoisotopic (exact) mass is 274 g/mol. The predicted octanol–water partition coefficient (Wildman–Crippen LogP) is 2.21. The zero-order valence-electron chi connectivity index (χ0n) is 9.14. The standard InChI is InChI=1S/C10H16O3.Zr/c1-5-6-9(11)13-10(12)8(4)7(2)3;/h5-6H2,1-4H3;. The molecule has 0 bridgehead atoms. The van der Waals surface area contributed by atoms with Crippen LogP contribution in [0.25, 0.3) is 0 Å². The van der Waals surface area contributed by atoms with Crippen LogP contribution in [-0.2, 0) is 40.5 Å². The quantitative estimate of drug-likeness (QED) is 0.450. The van der Waals surface area contributed by atoms with Crippen molar-refractivity contribution in [3.63, 3.8) is 0 Å². The van der Waals surface area contributed by atoms with Crippen LogP contribution >= 0.6 is 0 Å². The molecule has 0 saturated carbocycles. The SMILES string of the molecule is CCCC(=O)OC(=O)C(C)=C(C)C.[Zr]. The Morgan fingerprint density at radius 3 is 2.00 bits per heavy atom. The Hall–Kier alpha value is -0.237. The molecule has 0 aromatic carbocycles. The summed E-state index contributed by atoms with van der Waals surface area (Å²) in [6.45, 7) is 7.12. The van der Waals surface area contributed by atoms with E-state index in [1.165, 1.54) is 0 Å². The van der Waals surface area contributed by atoms with Gasteiger partial charge in [0.1, 0.15) is 0 Å². The molecular formula is C10H16O3Zr. The Morgan fingerprint density at radius 2 is 1.64 bits per heavy atom. The maximum absolute atomic E-state index is 11.2. The maximum Gasteiger partial charge on any atom is 0.341 e. The van der Waals surface area contributed by atoms with Crippen LogP contribution in [0.5, 0.6) is 0 Å². The van der Waals surface area contributed by atoms with Crippen molar-refractivity contribution in [2.24, 2.45) is 0 Å². The van der Waals surface area contributed by atoms with E-state index in [2.05, 4.69) is 4.74 Å². The molecule has 0 aromatic heterocycles. The van der Waals surface area contributed by atoms with Gasteiger partial charge in [-0.15, -0.1) is 0 Å². The van der Waals surface area contributed by atoms with Gasteiger partial charge in [-0.3, -0.25) is 4.79 Å². The summed E-state index contributed by atoms with van der Waals surface area (Å²) in [5.41, 5.74) is 1.37. The van der Waals surface area contributed by atoms with Crippen molar-refractivity contribution in [1.82, 2.24) is 0 Å². The molecule has 78 valence electrons. The van der Waals surface area contributed by atoms with Crippen molar-refractivity contribution in [3.8, 4) is 0 Å². The molecule has 0 heterocycles. The van der Waals surface area contributed by atoms with Gasteiger partial charge in [0.25, 0.3) is 0 Å². The zero-order valence-corrected chi connectivity index (χ0v) is 11.6. The summed E-state index contributed by atoms with van der Waals surface area (Å²) in [6, 6.07) is 0. The third-order valence-corrected chi connectivity index (χ3v) is 1.72. The third-order valence-electron chi connectivity index (χ3n) is 1.72. The Morgan fingerprint density at radius 1 is 1.14 bits per heavy atom. The van der Waals surface area contributed by atoms with E-state index in [1.807, 2.05) is 6.92 Å². The molecule has 0 fully saturated rings. The molecule has 0 aromatic rings. The summed E-state index contributed by atoms with van der Waals surface area (Å²) in [7, 11) is 0. The molecule has 14 heavy (non-hydrogen) atoms. The summed E-state index contributed by atoms with van der Waals surface area (Å²) >= 11 is 0. The molecule has 0 aliphatic rings. The van der Waals surface area contributed by atoms with E-state index < -0.39 is 11.9 Å². The van der Waals surface area contributed by atoms with Crippen molar-refractivity contribution in [2.45, 2.75) is 40.5 Å². The van der Waals surface area contributed by atoms with E-state index in [9.17, 15) is 9.59 Å². The third kappa shape index (κ3) is 6.25. The van der Waals surface area contributed by atoms with Crippen molar-refractivity contribution in [3.05, 3.63) is 11.1 Å². The fourth-order valence-corrected chi connectivity index (χ4v) is 0.639. The Kier molecular flexibility index (Phi) is 9.38. The number of carbonyl (C=O) groups excluding carboxylic acids is 2. The minimum atomic E-state index is -0.529. The second kappa shape index (κ2) is 8.10. The topological polar surface area (TPSA) is 43.4 Å². The smallest absolute Gasteiger partial charge is 0.341 e. The molecule has 0 radical (unpaired) electrons. The first-order valence-electron chi connectivity index (χ1n) is 4.38. The summed E-state index contributed by atoms with van der Waals surface area (Å²) in [6.07, 6.45) is 0.988. The van der Waals surface area contributed by atoms with E-state index in [0.717, 1.165) is 5.57 Å². The molecule has 0 unspecified atom stereocenters. The van der Waals surface area contributed by atoms with Crippen LogP contribution in [0.3, 0.4) is 0 Å². The van der Waals surface area contributed by atoms with Crippen molar-refractivity contribution >= 4 is 11.9 Å². The average molecular weight is 275 g/mol. The molecule has 0 saturated heterocycles. The minimum Gasteiger partial charge on any atom is -0.390 e. The number of carbonyl (C=O) groups is 2. The van der Waals surface area contributed by atoms with Gasteiger partial charge in [-0.2, -0.15) is 0 Å². The Labute approximate surface area is 104 Å². The van der Waals surface area contributed by atoms with Gasteiger partial charge in [0.2, 0.25) is 0 Å². The summed E-state index contributed by atoms with van der Waals surface area (Å²) in [5.74, 6) is -0.980. The summed E-state index contributed by atoms with van der Waals surface area (Å²) in [5, 5.41) is 0. The van der Waals surface area contributed by atoms with Crippen LogP contribution < -0.4 is 0 Å². The number of allylic oxidation sites excluding steroid dienone is 1. The van der Waals surface area contributed by atoms with E-state index in [-0.39, 0.29) is 26.2 Å². The van der Waals surface area contributed by atoms with E-state index in [1.54, 1.807) is 20.8 Å². The fraction of sp³-hybridized carbons (Fsp3) is 0.600. The van der Waals surface area contributed by atoms with Crippen LogP contribution in [0.2, 0.25) is 0 Å². The molecule has 3 nitrogen and oxygen atoms in total. The maximum atomic E-state index is 11.2. The first-order valence-corrected chi connectivity index (χ1v) is 4.38. The molecule has 0 atom stereocenters. The van der Waals surface area contributed by atoms with Gasteiger partial charge >= 0.3 is 11.9 Å². The van der Waals surface area contributed by atoms with E-state index in [4.69, 9.17) is 0 Å². The Bertz CT molecular complexity index is 240. The average Bonchev–Trinajstić information content (AvgIpc) is 2.03. The number of hydrogen-bond acceptors (Lipinski definition) is 3. The number of esters is 2. The van der Waals surface area contributed by atoms with Crippen LogP contribution in [0.15, 0.2) is 11.1 Å². The molecule has 0 spiro atoms. The fourth-order valence-electron chi connectivity index (χ4n) is 0.639. The molecule has 0 rings (SSSR count). The van der Waals surface area contributed by atoms with Gasteiger partial charge in [-0.05, 0) is 27.2 Å². The van der Waals surface area contributed by atoms with Gasteiger partial charge in [0.05, 0.1) is 0 Å². The van der Waals surface area contributed by atoms with Crippen LogP contribution in [0, 0.1) is 0 Å². The normalized spacial score (nSPS) is 8.57. The van der Waals surface area contributed by atoms with E-state index in [0.29, 0.717) is 18.4 Å².